The molecule has 1 aliphatic rings. The molecule has 0 heterocycles. The van der Waals surface area contributed by atoms with Crippen molar-refractivity contribution in [3.8, 4) is 0 Å². The van der Waals surface area contributed by atoms with Crippen molar-refractivity contribution in [2.75, 3.05) is 6.54 Å². The zero-order chi connectivity index (χ0) is 16.1. The molecular weight excluding hydrogens is 340 g/mol. The summed E-state index contributed by atoms with van der Waals surface area (Å²) < 4.78 is 0. The summed E-state index contributed by atoms with van der Waals surface area (Å²) in [7, 11) is 0. The minimum Gasteiger partial charge on any atom is -0.353 e. The van der Waals surface area contributed by atoms with Crippen molar-refractivity contribution in [1.82, 2.24) is 5.32 Å². The second-order valence-electron chi connectivity index (χ2n) is 5.97. The van der Waals surface area contributed by atoms with E-state index in [0.717, 1.165) is 10.5 Å². The van der Waals surface area contributed by atoms with Gasteiger partial charge < -0.3 is 11.1 Å². The van der Waals surface area contributed by atoms with Gasteiger partial charge in [0, 0.05) is 17.5 Å². The van der Waals surface area contributed by atoms with Gasteiger partial charge in [-0.25, -0.2) is 0 Å². The highest BCUT2D eigenvalue weighted by Crippen LogP contribution is 2.35. The summed E-state index contributed by atoms with van der Waals surface area (Å²) in [4.78, 5) is 13.8. The number of carbonyl (C=O) groups excluding carboxylic acids is 1. The average Bonchev–Trinajstić information content (AvgIpc) is 3.44. The van der Waals surface area contributed by atoms with Crippen LogP contribution in [0.5, 0.6) is 0 Å². The zero-order valence-electron chi connectivity index (χ0n) is 13.4. The molecule has 3 rings (SSSR count). The Morgan fingerprint density at radius 3 is 2.25 bits per heavy atom. The van der Waals surface area contributed by atoms with E-state index in [1.807, 2.05) is 60.7 Å². The molecular formula is C19H23ClN2OS. The normalized spacial score (nSPS) is 15.9. The number of rotatable bonds is 7. The number of nitrogens with two attached hydrogens (primary N) is 1. The van der Waals surface area contributed by atoms with Crippen LogP contribution in [0.25, 0.3) is 0 Å². The Morgan fingerprint density at radius 2 is 1.67 bits per heavy atom. The first-order chi connectivity index (χ1) is 11.2. The topological polar surface area (TPSA) is 55.1 Å². The molecule has 0 radical (unpaired) electrons. The smallest absolute Gasteiger partial charge is 0.238 e. The lowest BCUT2D eigenvalue weighted by Crippen LogP contribution is -2.40. The van der Waals surface area contributed by atoms with E-state index < -0.39 is 0 Å². The molecule has 1 saturated carbocycles. The molecule has 0 saturated heterocycles. The lowest BCUT2D eigenvalue weighted by molar-refractivity contribution is -0.120. The summed E-state index contributed by atoms with van der Waals surface area (Å²) in [5, 5.41) is 2.78. The molecule has 3 N–H and O–H groups in total. The fourth-order valence-electron chi connectivity index (χ4n) is 2.54. The van der Waals surface area contributed by atoms with Crippen molar-refractivity contribution in [3.05, 3.63) is 66.2 Å². The highest BCUT2D eigenvalue weighted by atomic mass is 35.5. The Hall–Kier alpha value is -1.49. The summed E-state index contributed by atoms with van der Waals surface area (Å²) in [5.41, 5.74) is 7.11. The van der Waals surface area contributed by atoms with Gasteiger partial charge in [-0.3, -0.25) is 4.79 Å². The Morgan fingerprint density at radius 1 is 1.08 bits per heavy atom. The number of hydrogen-bond acceptors (Lipinski definition) is 3. The quantitative estimate of drug-likeness (QED) is 0.736. The fourth-order valence-corrected chi connectivity index (χ4v) is 3.61. The van der Waals surface area contributed by atoms with Gasteiger partial charge in [0.15, 0.2) is 0 Å². The van der Waals surface area contributed by atoms with Gasteiger partial charge in [0.05, 0.1) is 0 Å². The number of hydrogen-bond donors (Lipinski definition) is 2. The molecule has 128 valence electrons. The Labute approximate surface area is 153 Å². The molecule has 5 heteroatoms. The van der Waals surface area contributed by atoms with Crippen LogP contribution >= 0.6 is 24.2 Å². The maximum Gasteiger partial charge on any atom is 0.238 e. The summed E-state index contributed by atoms with van der Waals surface area (Å²) >= 11 is 1.57. The highest BCUT2D eigenvalue weighted by molar-refractivity contribution is 8.00. The van der Waals surface area contributed by atoms with Crippen molar-refractivity contribution in [1.29, 1.82) is 0 Å². The van der Waals surface area contributed by atoms with E-state index in [1.54, 1.807) is 11.8 Å². The van der Waals surface area contributed by atoms with E-state index in [2.05, 4.69) is 5.32 Å². The number of carbonyl (C=O) groups is 1. The first kappa shape index (κ1) is 18.8. The third-order valence-electron chi connectivity index (χ3n) is 4.08. The third-order valence-corrected chi connectivity index (χ3v) is 5.34. The molecule has 2 aromatic rings. The minimum atomic E-state index is -0.259. The van der Waals surface area contributed by atoms with Crippen LogP contribution in [0.4, 0.5) is 0 Å². The molecule has 1 fully saturated rings. The van der Waals surface area contributed by atoms with E-state index >= 15 is 0 Å². The number of benzene rings is 2. The van der Waals surface area contributed by atoms with Crippen LogP contribution in [0, 0.1) is 5.92 Å². The van der Waals surface area contributed by atoms with E-state index in [9.17, 15) is 4.79 Å². The zero-order valence-corrected chi connectivity index (χ0v) is 15.1. The fraction of sp³-hybridized carbons (Fsp3) is 0.316. The van der Waals surface area contributed by atoms with Gasteiger partial charge >= 0.3 is 0 Å². The van der Waals surface area contributed by atoms with Crippen molar-refractivity contribution in [2.45, 2.75) is 29.0 Å². The van der Waals surface area contributed by atoms with E-state index in [0.29, 0.717) is 12.5 Å². The van der Waals surface area contributed by atoms with Crippen molar-refractivity contribution in [2.24, 2.45) is 11.7 Å². The lowest BCUT2D eigenvalue weighted by Gasteiger charge is -2.19. The Bertz CT molecular complexity index is 634. The van der Waals surface area contributed by atoms with Crippen LogP contribution < -0.4 is 11.1 Å². The Balaban J connectivity index is 0.00000208. The maximum atomic E-state index is 12.7. The predicted molar refractivity (Wildman–Crippen MR) is 102 cm³/mol. The van der Waals surface area contributed by atoms with Crippen molar-refractivity contribution in [3.63, 3.8) is 0 Å². The number of halogens is 1. The van der Waals surface area contributed by atoms with Crippen LogP contribution in [0.3, 0.4) is 0 Å². The van der Waals surface area contributed by atoms with Crippen LogP contribution in [0.2, 0.25) is 0 Å². The molecule has 3 nitrogen and oxygen atoms in total. The molecule has 1 aliphatic carbocycles. The second kappa shape index (κ2) is 9.11. The van der Waals surface area contributed by atoms with E-state index in [-0.39, 0.29) is 29.6 Å². The summed E-state index contributed by atoms with van der Waals surface area (Å²) in [6.45, 7) is 0.558. The molecule has 2 unspecified atom stereocenters. The van der Waals surface area contributed by atoms with Crippen molar-refractivity contribution >= 4 is 30.1 Å². The molecule has 0 bridgehead atoms. The van der Waals surface area contributed by atoms with Crippen LogP contribution in [0.15, 0.2) is 65.6 Å². The highest BCUT2D eigenvalue weighted by Gasteiger charge is 2.29. The monoisotopic (exact) mass is 362 g/mol. The largest absolute Gasteiger partial charge is 0.353 e. The molecule has 0 spiro atoms. The SMILES string of the molecule is Cl.NC(CNC(=O)C(Sc1ccccc1)c1ccccc1)C1CC1. The maximum absolute atomic E-state index is 12.7. The summed E-state index contributed by atoms with van der Waals surface area (Å²) in [6.07, 6.45) is 2.38. The van der Waals surface area contributed by atoms with Crippen LogP contribution in [0.1, 0.15) is 23.7 Å². The van der Waals surface area contributed by atoms with Gasteiger partial charge in [-0.15, -0.1) is 24.2 Å². The molecule has 24 heavy (non-hydrogen) atoms. The molecule has 0 aliphatic heterocycles. The first-order valence-electron chi connectivity index (χ1n) is 8.04. The Kier molecular flexibility index (Phi) is 7.16. The second-order valence-corrected chi connectivity index (χ2v) is 7.15. The van der Waals surface area contributed by atoms with Gasteiger partial charge in [0.25, 0.3) is 0 Å². The number of amides is 1. The molecule has 0 aromatic heterocycles. The third kappa shape index (κ3) is 5.26. The van der Waals surface area contributed by atoms with Crippen LogP contribution in [-0.2, 0) is 4.79 Å². The van der Waals surface area contributed by atoms with E-state index in [4.69, 9.17) is 5.73 Å². The van der Waals surface area contributed by atoms with Gasteiger partial charge in [-0.05, 0) is 36.5 Å². The number of thioether (sulfide) groups is 1. The molecule has 2 aromatic carbocycles. The molecule has 2 atom stereocenters. The van der Waals surface area contributed by atoms with Gasteiger partial charge in [0.1, 0.15) is 5.25 Å². The summed E-state index contributed by atoms with van der Waals surface area (Å²) in [6, 6.07) is 20.0. The van der Waals surface area contributed by atoms with Crippen LogP contribution in [-0.4, -0.2) is 18.5 Å². The summed E-state index contributed by atoms with van der Waals surface area (Å²) in [5.74, 6) is 0.619. The first-order valence-corrected chi connectivity index (χ1v) is 8.92. The molecule has 1 amide bonds. The average molecular weight is 363 g/mol. The van der Waals surface area contributed by atoms with Gasteiger partial charge in [0.2, 0.25) is 5.91 Å². The van der Waals surface area contributed by atoms with Crippen molar-refractivity contribution < 1.29 is 4.79 Å². The minimum absolute atomic E-state index is 0. The number of nitrogens with one attached hydrogen (secondary N) is 1. The lowest BCUT2D eigenvalue weighted by atomic mass is 10.1. The predicted octanol–water partition coefficient (Wildman–Crippen LogP) is 3.80. The standard InChI is InChI=1S/C19H22N2OS.ClH/c20-17(14-11-12-14)13-21-19(22)18(15-7-3-1-4-8-15)23-16-9-5-2-6-10-16;/h1-10,14,17-18H,11-13,20H2,(H,21,22);1H. The van der Waals surface area contributed by atoms with Gasteiger partial charge in [-0.2, -0.15) is 0 Å². The van der Waals surface area contributed by atoms with E-state index in [1.165, 1.54) is 12.8 Å². The van der Waals surface area contributed by atoms with Gasteiger partial charge in [-0.1, -0.05) is 48.5 Å².